The first-order valence-corrected chi connectivity index (χ1v) is 10.6. The van der Waals surface area contributed by atoms with Crippen LogP contribution in [0.1, 0.15) is 11.4 Å². The lowest BCUT2D eigenvalue weighted by molar-refractivity contribution is -0.136. The van der Waals surface area contributed by atoms with E-state index >= 15 is 0 Å². The predicted octanol–water partition coefficient (Wildman–Crippen LogP) is 3.98. The zero-order chi connectivity index (χ0) is 20.8. The first-order chi connectivity index (χ1) is 14.0. The first-order valence-electron chi connectivity index (χ1n) is 8.67. The fraction of sp³-hybridized carbons (Fsp3) is 0.200. The minimum atomic E-state index is -1.51. The summed E-state index contributed by atoms with van der Waals surface area (Å²) in [5.74, 6) is 0.267. The summed E-state index contributed by atoms with van der Waals surface area (Å²) in [6, 6.07) is 12.6. The highest BCUT2D eigenvalue weighted by atomic mass is 32.2. The van der Waals surface area contributed by atoms with Crippen molar-refractivity contribution in [3.8, 4) is 21.9 Å². The molecule has 0 amide bonds. The van der Waals surface area contributed by atoms with Crippen molar-refractivity contribution in [2.75, 3.05) is 18.9 Å². The van der Waals surface area contributed by atoms with Crippen LogP contribution in [0.2, 0.25) is 0 Å². The van der Waals surface area contributed by atoms with Crippen molar-refractivity contribution in [3.63, 3.8) is 0 Å². The number of aromatic nitrogens is 1. The van der Waals surface area contributed by atoms with Crippen LogP contribution in [0.5, 0.6) is 11.5 Å². The highest BCUT2D eigenvalue weighted by Gasteiger charge is 2.13. The summed E-state index contributed by atoms with van der Waals surface area (Å²) >= 11 is 1.47. The molecule has 29 heavy (non-hydrogen) atoms. The van der Waals surface area contributed by atoms with E-state index in [9.17, 15) is 9.00 Å². The molecule has 152 valence electrons. The summed E-state index contributed by atoms with van der Waals surface area (Å²) in [6.45, 7) is 0. The molecular formula is C20H20N2O5S2. The molecule has 1 unspecified atom stereocenters. The third-order valence-electron chi connectivity index (χ3n) is 4.06. The number of benzene rings is 2. The molecule has 2 aromatic carbocycles. The van der Waals surface area contributed by atoms with Crippen molar-refractivity contribution in [1.29, 1.82) is 0 Å². The number of aliphatic carboxylic acids is 1. The molecule has 2 N–H and O–H groups in total. The molecule has 0 saturated carbocycles. The Hall–Kier alpha value is -2.91. The van der Waals surface area contributed by atoms with Crippen LogP contribution in [0.15, 0.2) is 53.6 Å². The highest BCUT2D eigenvalue weighted by molar-refractivity contribution is 7.86. The average Bonchev–Trinajstić information content (AvgIpc) is 3.21. The van der Waals surface area contributed by atoms with Crippen LogP contribution in [-0.2, 0) is 22.2 Å². The van der Waals surface area contributed by atoms with Gasteiger partial charge in [0.1, 0.15) is 16.4 Å². The number of ether oxygens (including phenoxy) is 2. The number of anilines is 1. The molecule has 0 bridgehead atoms. The number of carboxylic acid groups (broad SMARTS) is 1. The van der Waals surface area contributed by atoms with Crippen LogP contribution < -0.4 is 14.2 Å². The second kappa shape index (κ2) is 9.53. The summed E-state index contributed by atoms with van der Waals surface area (Å²) < 4.78 is 26.1. The Morgan fingerprint density at radius 2 is 1.93 bits per heavy atom. The summed E-state index contributed by atoms with van der Waals surface area (Å²) in [5.41, 5.74) is 1.66. The normalized spacial score (nSPS) is 11.7. The van der Waals surface area contributed by atoms with Crippen LogP contribution in [0.25, 0.3) is 10.4 Å². The number of methoxy groups -OCH3 is 2. The third-order valence-corrected chi connectivity index (χ3v) is 6.32. The van der Waals surface area contributed by atoms with Gasteiger partial charge in [0.25, 0.3) is 0 Å². The maximum atomic E-state index is 12.7. The molecule has 0 fully saturated rings. The Labute approximate surface area is 174 Å². The molecule has 1 aromatic heterocycles. The van der Waals surface area contributed by atoms with Gasteiger partial charge >= 0.3 is 5.97 Å². The largest absolute Gasteiger partial charge is 0.497 e. The zero-order valence-corrected chi connectivity index (χ0v) is 17.5. The molecule has 9 heteroatoms. The summed E-state index contributed by atoms with van der Waals surface area (Å²) in [7, 11) is 1.57. The van der Waals surface area contributed by atoms with Gasteiger partial charge in [-0.1, -0.05) is 12.1 Å². The van der Waals surface area contributed by atoms with Crippen molar-refractivity contribution in [3.05, 3.63) is 53.7 Å². The van der Waals surface area contributed by atoms with Gasteiger partial charge in [-0.25, -0.2) is 9.19 Å². The molecule has 3 aromatic rings. The summed E-state index contributed by atoms with van der Waals surface area (Å²) in [6.07, 6.45) is 2.23. The van der Waals surface area contributed by atoms with E-state index in [1.807, 2.05) is 24.3 Å². The lowest BCUT2D eigenvalue weighted by Gasteiger charge is -2.11. The Kier molecular flexibility index (Phi) is 6.84. The quantitative estimate of drug-likeness (QED) is 0.531. The van der Waals surface area contributed by atoms with Gasteiger partial charge in [0.15, 0.2) is 11.0 Å². The van der Waals surface area contributed by atoms with Gasteiger partial charge in [-0.05, 0) is 29.8 Å². The van der Waals surface area contributed by atoms with E-state index in [0.717, 1.165) is 15.4 Å². The fourth-order valence-corrected chi connectivity index (χ4v) is 4.47. The topological polar surface area (TPSA) is 97.8 Å². The molecule has 0 saturated heterocycles. The van der Waals surface area contributed by atoms with Gasteiger partial charge in [-0.15, -0.1) is 11.3 Å². The SMILES string of the molecule is COc1ccc(S(=O)Nc2ccc(-c3cnc(CCC(=O)O)s3)cc2)c(OC)c1. The molecule has 0 aliphatic carbocycles. The van der Waals surface area contributed by atoms with Gasteiger partial charge in [-0.2, -0.15) is 0 Å². The molecule has 7 nitrogen and oxygen atoms in total. The number of rotatable bonds is 9. The van der Waals surface area contributed by atoms with Gasteiger partial charge < -0.3 is 19.3 Å². The Morgan fingerprint density at radius 3 is 2.59 bits per heavy atom. The number of nitrogens with zero attached hydrogens (tertiary/aromatic N) is 1. The molecule has 1 heterocycles. The number of hydrogen-bond acceptors (Lipinski definition) is 6. The van der Waals surface area contributed by atoms with Crippen LogP contribution in [0.3, 0.4) is 0 Å². The van der Waals surface area contributed by atoms with Crippen molar-refractivity contribution < 1.29 is 23.6 Å². The number of carboxylic acids is 1. The van der Waals surface area contributed by atoms with Crippen LogP contribution in [0, 0.1) is 0 Å². The van der Waals surface area contributed by atoms with E-state index in [1.54, 1.807) is 31.5 Å². The Morgan fingerprint density at radius 1 is 1.17 bits per heavy atom. The molecule has 0 radical (unpaired) electrons. The standard InChI is InChI=1S/C20H20N2O5S2/c1-26-15-7-8-18(16(11-15)27-2)29(25)22-14-5-3-13(4-6-14)17-12-21-19(28-17)9-10-20(23)24/h3-8,11-12,22H,9-10H2,1-2H3,(H,23,24). The van der Waals surface area contributed by atoms with Gasteiger partial charge in [0.05, 0.1) is 30.5 Å². The van der Waals surface area contributed by atoms with Crippen molar-refractivity contribution >= 4 is 34.0 Å². The minimum Gasteiger partial charge on any atom is -0.497 e. The summed E-state index contributed by atoms with van der Waals surface area (Å²) in [5, 5.41) is 9.56. The van der Waals surface area contributed by atoms with Gasteiger partial charge in [-0.3, -0.25) is 4.79 Å². The van der Waals surface area contributed by atoms with Crippen LogP contribution in [-0.4, -0.2) is 34.5 Å². The van der Waals surface area contributed by atoms with E-state index < -0.39 is 17.0 Å². The predicted molar refractivity (Wildman–Crippen MR) is 113 cm³/mol. The monoisotopic (exact) mass is 432 g/mol. The van der Waals surface area contributed by atoms with Gasteiger partial charge in [0, 0.05) is 24.4 Å². The second-order valence-corrected chi connectivity index (χ2v) is 8.27. The fourth-order valence-electron chi connectivity index (χ4n) is 2.57. The van der Waals surface area contributed by atoms with E-state index in [1.165, 1.54) is 18.4 Å². The van der Waals surface area contributed by atoms with E-state index in [4.69, 9.17) is 14.6 Å². The molecule has 0 spiro atoms. The maximum Gasteiger partial charge on any atom is 0.303 e. The van der Waals surface area contributed by atoms with Crippen molar-refractivity contribution in [2.24, 2.45) is 0 Å². The molecule has 0 aliphatic heterocycles. The molecular weight excluding hydrogens is 412 g/mol. The van der Waals surface area contributed by atoms with Crippen molar-refractivity contribution in [1.82, 2.24) is 4.98 Å². The van der Waals surface area contributed by atoms with Crippen LogP contribution >= 0.6 is 11.3 Å². The second-order valence-electron chi connectivity index (χ2n) is 5.98. The number of aryl methyl sites for hydroxylation is 1. The minimum absolute atomic E-state index is 0.0659. The van der Waals surface area contributed by atoms with Crippen molar-refractivity contribution in [2.45, 2.75) is 17.7 Å². The Balaban J connectivity index is 1.69. The first kappa shape index (κ1) is 20.8. The van der Waals surface area contributed by atoms with Gasteiger partial charge in [0.2, 0.25) is 0 Å². The van der Waals surface area contributed by atoms with Crippen LogP contribution in [0.4, 0.5) is 5.69 Å². The number of carbonyl (C=O) groups is 1. The lowest BCUT2D eigenvalue weighted by Crippen LogP contribution is -2.06. The Bertz CT molecular complexity index is 1020. The average molecular weight is 433 g/mol. The smallest absolute Gasteiger partial charge is 0.303 e. The van der Waals surface area contributed by atoms with E-state index in [2.05, 4.69) is 9.71 Å². The number of thiazole rings is 1. The molecule has 3 rings (SSSR count). The third kappa shape index (κ3) is 5.33. The van der Waals surface area contributed by atoms with E-state index in [-0.39, 0.29) is 6.42 Å². The lowest BCUT2D eigenvalue weighted by atomic mass is 10.2. The zero-order valence-electron chi connectivity index (χ0n) is 15.9. The highest BCUT2D eigenvalue weighted by Crippen LogP contribution is 2.30. The maximum absolute atomic E-state index is 12.7. The molecule has 0 aliphatic rings. The summed E-state index contributed by atoms with van der Waals surface area (Å²) in [4.78, 5) is 16.4. The molecule has 1 atom stereocenters. The number of hydrogen-bond donors (Lipinski definition) is 2. The number of nitrogens with one attached hydrogen (secondary N) is 1. The van der Waals surface area contributed by atoms with E-state index in [0.29, 0.717) is 28.5 Å².